The van der Waals surface area contributed by atoms with Gasteiger partial charge in [-0.15, -0.1) is 5.10 Å². The molecule has 0 spiro atoms. The van der Waals surface area contributed by atoms with Crippen molar-refractivity contribution in [1.29, 1.82) is 0 Å². The van der Waals surface area contributed by atoms with E-state index in [1.807, 2.05) is 30.3 Å². The van der Waals surface area contributed by atoms with Gasteiger partial charge in [0.25, 0.3) is 0 Å². The molecule has 112 valence electrons. The summed E-state index contributed by atoms with van der Waals surface area (Å²) in [6.07, 6.45) is 2.09. The van der Waals surface area contributed by atoms with Crippen LogP contribution in [0, 0.1) is 3.95 Å². The van der Waals surface area contributed by atoms with Gasteiger partial charge in [-0.2, -0.15) is 0 Å². The summed E-state index contributed by atoms with van der Waals surface area (Å²) in [7, 11) is 0. The highest BCUT2D eigenvalue weighted by atomic mass is 32.2. The van der Waals surface area contributed by atoms with E-state index in [0.29, 0.717) is 9.71 Å². The van der Waals surface area contributed by atoms with Crippen molar-refractivity contribution < 1.29 is 4.79 Å². The lowest BCUT2D eigenvalue weighted by Gasteiger charge is -2.02. The van der Waals surface area contributed by atoms with Gasteiger partial charge in [-0.25, -0.2) is 4.68 Å². The summed E-state index contributed by atoms with van der Waals surface area (Å²) < 4.78 is 3.24. The third-order valence-electron chi connectivity index (χ3n) is 2.71. The van der Waals surface area contributed by atoms with E-state index in [4.69, 9.17) is 12.2 Å². The quantitative estimate of drug-likeness (QED) is 0.475. The molecule has 0 aliphatic rings. The van der Waals surface area contributed by atoms with Crippen LogP contribution in [0.4, 0.5) is 0 Å². The van der Waals surface area contributed by atoms with Crippen molar-refractivity contribution in [1.82, 2.24) is 15.1 Å². The molecule has 2 aromatic rings. The van der Waals surface area contributed by atoms with Crippen LogP contribution < -0.4 is 5.32 Å². The van der Waals surface area contributed by atoms with Crippen molar-refractivity contribution in [2.75, 3.05) is 12.3 Å². The molecule has 0 aliphatic carbocycles. The fourth-order valence-electron chi connectivity index (χ4n) is 1.63. The van der Waals surface area contributed by atoms with Crippen molar-refractivity contribution in [2.24, 2.45) is 0 Å². The summed E-state index contributed by atoms with van der Waals surface area (Å²) in [4.78, 5) is 11.7. The van der Waals surface area contributed by atoms with E-state index < -0.39 is 0 Å². The number of unbranched alkanes of at least 4 members (excludes halogenated alkanes) is 1. The Morgan fingerprint density at radius 1 is 1.43 bits per heavy atom. The second kappa shape index (κ2) is 8.31. The monoisotopic (exact) mass is 339 g/mol. The number of hydrogen-bond acceptors (Lipinski definition) is 5. The van der Waals surface area contributed by atoms with Gasteiger partial charge >= 0.3 is 0 Å². The molecule has 21 heavy (non-hydrogen) atoms. The van der Waals surface area contributed by atoms with Crippen LogP contribution in [0.1, 0.15) is 19.8 Å². The SMILES string of the molecule is CCCCNC(=O)CSc1nn(-c2ccccc2)c(=S)s1. The van der Waals surface area contributed by atoms with E-state index in [1.54, 1.807) is 4.68 Å². The van der Waals surface area contributed by atoms with Crippen molar-refractivity contribution in [3.8, 4) is 5.69 Å². The van der Waals surface area contributed by atoms with Crippen LogP contribution >= 0.6 is 35.3 Å². The normalized spacial score (nSPS) is 10.5. The van der Waals surface area contributed by atoms with Crippen LogP contribution in [0.5, 0.6) is 0 Å². The fraction of sp³-hybridized carbons (Fsp3) is 0.357. The molecule has 1 amide bonds. The standard InChI is InChI=1S/C14H17N3OS3/c1-2-3-9-15-12(18)10-20-13-16-17(14(19)21-13)11-7-5-4-6-8-11/h4-8H,2-3,9-10H2,1H3,(H,15,18). The van der Waals surface area contributed by atoms with E-state index in [1.165, 1.54) is 23.1 Å². The first kappa shape index (κ1) is 16.2. The first-order chi connectivity index (χ1) is 10.2. The van der Waals surface area contributed by atoms with Crippen molar-refractivity contribution in [3.05, 3.63) is 34.3 Å². The molecule has 1 N–H and O–H groups in total. The Balaban J connectivity index is 1.94. The van der Waals surface area contributed by atoms with Crippen LogP contribution in [-0.2, 0) is 4.79 Å². The molecule has 4 nitrogen and oxygen atoms in total. The molecule has 0 saturated carbocycles. The van der Waals surface area contributed by atoms with E-state index in [0.717, 1.165) is 29.4 Å². The summed E-state index contributed by atoms with van der Waals surface area (Å²) in [6, 6.07) is 9.77. The Hall–Kier alpha value is -1.18. The lowest BCUT2D eigenvalue weighted by atomic mass is 10.3. The van der Waals surface area contributed by atoms with Gasteiger partial charge in [-0.1, -0.05) is 54.6 Å². The summed E-state index contributed by atoms with van der Waals surface area (Å²) in [5, 5.41) is 7.35. The van der Waals surface area contributed by atoms with Crippen LogP contribution in [0.2, 0.25) is 0 Å². The molecule has 0 fully saturated rings. The molecule has 7 heteroatoms. The maximum atomic E-state index is 11.7. The topological polar surface area (TPSA) is 46.9 Å². The van der Waals surface area contributed by atoms with Crippen molar-refractivity contribution >= 4 is 41.2 Å². The van der Waals surface area contributed by atoms with Crippen molar-refractivity contribution in [3.63, 3.8) is 0 Å². The lowest BCUT2D eigenvalue weighted by Crippen LogP contribution is -2.25. The second-order valence-corrected chi connectivity index (χ2v) is 7.22. The minimum atomic E-state index is 0.0424. The zero-order valence-corrected chi connectivity index (χ0v) is 14.2. The van der Waals surface area contributed by atoms with E-state index in [9.17, 15) is 4.79 Å². The zero-order valence-electron chi connectivity index (χ0n) is 11.7. The highest BCUT2D eigenvalue weighted by Crippen LogP contribution is 2.23. The molecule has 0 radical (unpaired) electrons. The van der Waals surface area contributed by atoms with Gasteiger partial charge in [-0.05, 0) is 30.8 Å². The molecule has 0 aliphatic heterocycles. The highest BCUT2D eigenvalue weighted by molar-refractivity contribution is 8.01. The van der Waals surface area contributed by atoms with E-state index in [-0.39, 0.29) is 5.91 Å². The number of rotatable bonds is 7. The molecule has 0 bridgehead atoms. The molecule has 1 heterocycles. The Bertz CT molecular complexity index is 636. The molecule has 2 rings (SSSR count). The summed E-state index contributed by atoms with van der Waals surface area (Å²) in [6.45, 7) is 2.84. The predicted molar refractivity (Wildman–Crippen MR) is 90.9 cm³/mol. The van der Waals surface area contributed by atoms with Crippen LogP contribution in [0.15, 0.2) is 34.7 Å². The predicted octanol–water partition coefficient (Wildman–Crippen LogP) is 3.67. The fourth-order valence-corrected chi connectivity index (χ4v) is 3.83. The number of carbonyl (C=O) groups is 1. The maximum absolute atomic E-state index is 11.7. The lowest BCUT2D eigenvalue weighted by molar-refractivity contribution is -0.118. The molecule has 0 saturated heterocycles. The second-order valence-electron chi connectivity index (χ2n) is 4.37. The van der Waals surface area contributed by atoms with Gasteiger partial charge in [0.15, 0.2) is 8.29 Å². The molecular formula is C14H17N3OS3. The van der Waals surface area contributed by atoms with Crippen molar-refractivity contribution in [2.45, 2.75) is 24.1 Å². The van der Waals surface area contributed by atoms with Crippen LogP contribution in [0.3, 0.4) is 0 Å². The average Bonchev–Trinajstić information content (AvgIpc) is 2.87. The molecule has 1 aromatic carbocycles. The summed E-state index contributed by atoms with van der Waals surface area (Å²) >= 11 is 8.18. The molecule has 0 atom stereocenters. The number of benzene rings is 1. The Morgan fingerprint density at radius 2 is 2.19 bits per heavy atom. The van der Waals surface area contributed by atoms with Gasteiger partial charge in [0.05, 0.1) is 11.4 Å². The number of nitrogens with one attached hydrogen (secondary N) is 1. The number of aromatic nitrogens is 2. The first-order valence-electron chi connectivity index (χ1n) is 6.76. The summed E-state index contributed by atoms with van der Waals surface area (Å²) in [5.74, 6) is 0.418. The third kappa shape index (κ3) is 4.94. The first-order valence-corrected chi connectivity index (χ1v) is 8.97. The smallest absolute Gasteiger partial charge is 0.230 e. The van der Waals surface area contributed by atoms with Gasteiger partial charge in [0.2, 0.25) is 5.91 Å². The van der Waals surface area contributed by atoms with E-state index >= 15 is 0 Å². The highest BCUT2D eigenvalue weighted by Gasteiger charge is 2.08. The zero-order chi connectivity index (χ0) is 15.1. The van der Waals surface area contributed by atoms with Gasteiger partial charge in [0, 0.05) is 6.54 Å². The van der Waals surface area contributed by atoms with Crippen LogP contribution in [0.25, 0.3) is 5.69 Å². The summed E-state index contributed by atoms with van der Waals surface area (Å²) in [5.41, 5.74) is 0.943. The number of amides is 1. The minimum Gasteiger partial charge on any atom is -0.355 e. The largest absolute Gasteiger partial charge is 0.355 e. The molecule has 1 aromatic heterocycles. The number of para-hydroxylation sites is 1. The number of thioether (sulfide) groups is 1. The Labute approximate surface area is 137 Å². The number of carbonyl (C=O) groups excluding carboxylic acids is 1. The number of hydrogen-bond donors (Lipinski definition) is 1. The molecule has 0 unspecified atom stereocenters. The maximum Gasteiger partial charge on any atom is 0.230 e. The van der Waals surface area contributed by atoms with Gasteiger partial charge < -0.3 is 5.32 Å². The van der Waals surface area contributed by atoms with Gasteiger partial charge in [-0.3, -0.25) is 4.79 Å². The number of nitrogens with zero attached hydrogens (tertiary/aromatic N) is 2. The van der Waals surface area contributed by atoms with Crippen LogP contribution in [-0.4, -0.2) is 28.0 Å². The minimum absolute atomic E-state index is 0.0424. The van der Waals surface area contributed by atoms with Gasteiger partial charge in [0.1, 0.15) is 0 Å². The third-order valence-corrected chi connectivity index (χ3v) is 5.07. The Kier molecular flexibility index (Phi) is 6.41. The molecular weight excluding hydrogens is 322 g/mol. The van der Waals surface area contributed by atoms with E-state index in [2.05, 4.69) is 17.3 Å². The average molecular weight is 340 g/mol. The Morgan fingerprint density at radius 3 is 2.90 bits per heavy atom.